The van der Waals surface area contributed by atoms with Crippen molar-refractivity contribution in [1.29, 1.82) is 0 Å². The Bertz CT molecular complexity index is 647. The first kappa shape index (κ1) is 16.1. The maximum absolute atomic E-state index is 12.9. The summed E-state index contributed by atoms with van der Waals surface area (Å²) in [6, 6.07) is 6.37. The van der Waals surface area contributed by atoms with Gasteiger partial charge in [-0.2, -0.15) is 0 Å². The van der Waals surface area contributed by atoms with E-state index >= 15 is 0 Å². The van der Waals surface area contributed by atoms with E-state index in [0.717, 1.165) is 35.5 Å². The summed E-state index contributed by atoms with van der Waals surface area (Å²) in [6.07, 6.45) is 6.38. The molecule has 1 fully saturated rings. The monoisotopic (exact) mass is 332 g/mol. The number of benzene rings is 1. The molecule has 0 bridgehead atoms. The highest BCUT2D eigenvalue weighted by atomic mass is 32.1. The number of amides is 1. The van der Waals surface area contributed by atoms with Crippen molar-refractivity contribution in [2.45, 2.75) is 38.5 Å². The van der Waals surface area contributed by atoms with E-state index in [4.69, 9.17) is 0 Å². The van der Waals surface area contributed by atoms with Crippen LogP contribution in [-0.2, 0) is 11.2 Å². The zero-order valence-corrected chi connectivity index (χ0v) is 13.9. The van der Waals surface area contributed by atoms with Gasteiger partial charge in [0.05, 0.1) is 5.69 Å². The number of carbonyl (C=O) groups is 1. The maximum atomic E-state index is 12.9. The SMILES string of the molecule is O=C(NCCc1csc(-c2ccc(F)cc2)n1)C1CCCCC1. The van der Waals surface area contributed by atoms with E-state index in [1.165, 1.54) is 31.4 Å². The van der Waals surface area contributed by atoms with Gasteiger partial charge >= 0.3 is 0 Å². The Labute approximate surface area is 140 Å². The van der Waals surface area contributed by atoms with Crippen LogP contribution in [0.3, 0.4) is 0 Å². The molecule has 1 saturated carbocycles. The predicted molar refractivity (Wildman–Crippen MR) is 90.8 cm³/mol. The minimum Gasteiger partial charge on any atom is -0.355 e. The molecule has 5 heteroatoms. The highest BCUT2D eigenvalue weighted by Gasteiger charge is 2.20. The molecule has 1 amide bonds. The van der Waals surface area contributed by atoms with Gasteiger partial charge in [-0.25, -0.2) is 9.37 Å². The third-order valence-electron chi connectivity index (χ3n) is 4.30. The largest absolute Gasteiger partial charge is 0.355 e. The summed E-state index contributed by atoms with van der Waals surface area (Å²) in [5, 5.41) is 5.93. The molecule has 1 aromatic heterocycles. The molecule has 1 aromatic carbocycles. The number of carbonyl (C=O) groups excluding carboxylic acids is 1. The Kier molecular flexibility index (Phi) is 5.39. The Balaban J connectivity index is 1.49. The van der Waals surface area contributed by atoms with Crippen LogP contribution < -0.4 is 5.32 Å². The predicted octanol–water partition coefficient (Wildman–Crippen LogP) is 4.19. The number of nitrogens with one attached hydrogen (secondary N) is 1. The van der Waals surface area contributed by atoms with Gasteiger partial charge in [-0.1, -0.05) is 19.3 Å². The van der Waals surface area contributed by atoms with Crippen molar-refractivity contribution < 1.29 is 9.18 Å². The van der Waals surface area contributed by atoms with Gasteiger partial charge in [0.15, 0.2) is 0 Å². The third kappa shape index (κ3) is 4.38. The van der Waals surface area contributed by atoms with Crippen molar-refractivity contribution in [2.75, 3.05) is 6.54 Å². The van der Waals surface area contributed by atoms with E-state index in [-0.39, 0.29) is 17.6 Å². The Hall–Kier alpha value is -1.75. The van der Waals surface area contributed by atoms with Crippen LogP contribution in [0.5, 0.6) is 0 Å². The van der Waals surface area contributed by atoms with Gasteiger partial charge in [0.2, 0.25) is 5.91 Å². The molecule has 0 atom stereocenters. The molecule has 0 radical (unpaired) electrons. The van der Waals surface area contributed by atoms with E-state index in [2.05, 4.69) is 10.3 Å². The number of thiazole rings is 1. The van der Waals surface area contributed by atoms with Gasteiger partial charge in [0.25, 0.3) is 0 Å². The van der Waals surface area contributed by atoms with Crippen LogP contribution >= 0.6 is 11.3 Å². The van der Waals surface area contributed by atoms with Gasteiger partial charge < -0.3 is 5.32 Å². The second-order valence-corrected chi connectivity index (χ2v) is 6.88. The van der Waals surface area contributed by atoms with Crippen LogP contribution in [0.2, 0.25) is 0 Å². The van der Waals surface area contributed by atoms with Crippen molar-refractivity contribution in [3.63, 3.8) is 0 Å². The lowest BCUT2D eigenvalue weighted by molar-refractivity contribution is -0.125. The van der Waals surface area contributed by atoms with Crippen LogP contribution in [0.15, 0.2) is 29.6 Å². The first-order valence-corrected chi connectivity index (χ1v) is 9.08. The topological polar surface area (TPSA) is 42.0 Å². The highest BCUT2D eigenvalue weighted by Crippen LogP contribution is 2.25. The lowest BCUT2D eigenvalue weighted by Gasteiger charge is -2.20. The van der Waals surface area contributed by atoms with Crippen molar-refractivity contribution in [2.24, 2.45) is 5.92 Å². The summed E-state index contributed by atoms with van der Waals surface area (Å²) in [4.78, 5) is 16.6. The number of nitrogens with zero attached hydrogens (tertiary/aromatic N) is 1. The number of hydrogen-bond acceptors (Lipinski definition) is 3. The zero-order valence-electron chi connectivity index (χ0n) is 13.1. The lowest BCUT2D eigenvalue weighted by atomic mass is 9.89. The summed E-state index contributed by atoms with van der Waals surface area (Å²) in [5.74, 6) is 0.156. The number of halogens is 1. The molecular weight excluding hydrogens is 311 g/mol. The molecule has 2 aromatic rings. The second kappa shape index (κ2) is 7.68. The average molecular weight is 332 g/mol. The van der Waals surface area contributed by atoms with Crippen molar-refractivity contribution >= 4 is 17.2 Å². The van der Waals surface area contributed by atoms with Crippen LogP contribution in [-0.4, -0.2) is 17.4 Å². The Morgan fingerprint density at radius 1 is 1.22 bits per heavy atom. The molecular formula is C18H21FN2OS. The summed E-state index contributed by atoms with van der Waals surface area (Å²) < 4.78 is 12.9. The first-order valence-electron chi connectivity index (χ1n) is 8.20. The van der Waals surface area contributed by atoms with Crippen LogP contribution in [0, 0.1) is 11.7 Å². The summed E-state index contributed by atoms with van der Waals surface area (Å²) in [7, 11) is 0. The Morgan fingerprint density at radius 3 is 2.70 bits per heavy atom. The van der Waals surface area contributed by atoms with E-state index in [0.29, 0.717) is 6.54 Å². The van der Waals surface area contributed by atoms with Crippen LogP contribution in [0.4, 0.5) is 4.39 Å². The molecule has 122 valence electrons. The average Bonchev–Trinajstić information content (AvgIpc) is 3.05. The molecule has 1 aliphatic rings. The molecule has 3 rings (SSSR count). The van der Waals surface area contributed by atoms with Gasteiger partial charge in [0, 0.05) is 29.8 Å². The molecule has 0 saturated heterocycles. The third-order valence-corrected chi connectivity index (χ3v) is 5.24. The minimum absolute atomic E-state index is 0.193. The maximum Gasteiger partial charge on any atom is 0.223 e. The van der Waals surface area contributed by atoms with E-state index in [1.54, 1.807) is 23.5 Å². The number of hydrogen-bond donors (Lipinski definition) is 1. The molecule has 0 aliphatic heterocycles. The Morgan fingerprint density at radius 2 is 1.96 bits per heavy atom. The lowest BCUT2D eigenvalue weighted by Crippen LogP contribution is -2.33. The zero-order chi connectivity index (χ0) is 16.1. The molecule has 23 heavy (non-hydrogen) atoms. The number of aromatic nitrogens is 1. The first-order chi connectivity index (χ1) is 11.2. The molecule has 1 N–H and O–H groups in total. The van der Waals surface area contributed by atoms with Crippen LogP contribution in [0.25, 0.3) is 10.6 Å². The normalized spacial score (nSPS) is 15.5. The van der Waals surface area contributed by atoms with E-state index in [1.807, 2.05) is 5.38 Å². The van der Waals surface area contributed by atoms with Crippen molar-refractivity contribution in [3.05, 3.63) is 41.2 Å². The van der Waals surface area contributed by atoms with Crippen LogP contribution in [0.1, 0.15) is 37.8 Å². The van der Waals surface area contributed by atoms with Gasteiger partial charge in [-0.05, 0) is 37.1 Å². The minimum atomic E-state index is -0.240. The summed E-state index contributed by atoms with van der Waals surface area (Å²) in [5.41, 5.74) is 1.90. The van der Waals surface area contributed by atoms with Crippen molar-refractivity contribution in [1.82, 2.24) is 10.3 Å². The second-order valence-electron chi connectivity index (χ2n) is 6.03. The number of rotatable bonds is 5. The van der Waals surface area contributed by atoms with Gasteiger partial charge in [0.1, 0.15) is 10.8 Å². The fourth-order valence-corrected chi connectivity index (χ4v) is 3.83. The smallest absolute Gasteiger partial charge is 0.223 e. The molecule has 3 nitrogen and oxygen atoms in total. The van der Waals surface area contributed by atoms with Crippen molar-refractivity contribution in [3.8, 4) is 10.6 Å². The van der Waals surface area contributed by atoms with E-state index < -0.39 is 0 Å². The molecule has 1 heterocycles. The standard InChI is InChI=1S/C18H21FN2OS/c19-15-8-6-14(7-9-15)18-21-16(12-23-18)10-11-20-17(22)13-4-2-1-3-5-13/h6-9,12-13H,1-5,10-11H2,(H,20,22). The molecule has 1 aliphatic carbocycles. The van der Waals surface area contributed by atoms with Gasteiger partial charge in [-0.3, -0.25) is 4.79 Å². The van der Waals surface area contributed by atoms with E-state index in [9.17, 15) is 9.18 Å². The molecule has 0 unspecified atom stereocenters. The molecule has 0 spiro atoms. The van der Waals surface area contributed by atoms with Gasteiger partial charge in [-0.15, -0.1) is 11.3 Å². The highest BCUT2D eigenvalue weighted by molar-refractivity contribution is 7.13. The summed E-state index contributed by atoms with van der Waals surface area (Å²) >= 11 is 1.55. The quantitative estimate of drug-likeness (QED) is 0.892. The summed E-state index contributed by atoms with van der Waals surface area (Å²) in [6.45, 7) is 0.627. The fourth-order valence-electron chi connectivity index (χ4n) is 2.97. The fraction of sp³-hybridized carbons (Fsp3) is 0.444.